The lowest BCUT2D eigenvalue weighted by Gasteiger charge is -1.95. The van der Waals surface area contributed by atoms with Crippen LogP contribution in [-0.2, 0) is 6.42 Å². The van der Waals surface area contributed by atoms with Gasteiger partial charge in [0.15, 0.2) is 0 Å². The first-order valence-electron chi connectivity index (χ1n) is 4.79. The van der Waals surface area contributed by atoms with Crippen molar-refractivity contribution < 1.29 is 0 Å². The van der Waals surface area contributed by atoms with E-state index in [9.17, 15) is 4.79 Å². The fourth-order valence-electron chi connectivity index (χ4n) is 1.58. The quantitative estimate of drug-likeness (QED) is 0.777. The van der Waals surface area contributed by atoms with Gasteiger partial charge in [0.25, 0.3) is 5.56 Å². The highest BCUT2D eigenvalue weighted by Crippen LogP contribution is 2.06. The maximum absolute atomic E-state index is 11.2. The summed E-state index contributed by atoms with van der Waals surface area (Å²) in [6.45, 7) is 3.99. The van der Waals surface area contributed by atoms with E-state index in [2.05, 4.69) is 17.0 Å². The fourth-order valence-corrected chi connectivity index (χ4v) is 1.58. The minimum atomic E-state index is -0.0713. The molecular formula is C10H13N3O. The lowest BCUT2D eigenvalue weighted by atomic mass is 10.2. The van der Waals surface area contributed by atoms with Gasteiger partial charge in [-0.1, -0.05) is 13.3 Å². The van der Waals surface area contributed by atoms with Crippen LogP contribution in [0.3, 0.4) is 0 Å². The molecule has 2 heterocycles. The van der Waals surface area contributed by atoms with Crippen LogP contribution in [0.4, 0.5) is 0 Å². The summed E-state index contributed by atoms with van der Waals surface area (Å²) < 4.78 is 1.77. The molecule has 74 valence electrons. The molecule has 0 atom stereocenters. The van der Waals surface area contributed by atoms with E-state index in [1.807, 2.05) is 13.0 Å². The zero-order valence-electron chi connectivity index (χ0n) is 8.37. The van der Waals surface area contributed by atoms with Gasteiger partial charge in [0.1, 0.15) is 5.65 Å². The number of nitrogens with one attached hydrogen (secondary N) is 1. The maximum Gasteiger partial charge on any atom is 0.251 e. The molecule has 0 saturated carbocycles. The summed E-state index contributed by atoms with van der Waals surface area (Å²) in [5, 5.41) is 4.39. The summed E-state index contributed by atoms with van der Waals surface area (Å²) >= 11 is 0. The molecule has 2 aromatic heterocycles. The standard InChI is InChI=1S/C10H13N3O/c1-3-4-8-6-9-11-10(14)5-7(2)13(9)12-8/h5-6H,3-4H2,1-2H3,(H,11,14). The molecule has 0 bridgehead atoms. The monoisotopic (exact) mass is 191 g/mol. The second kappa shape index (κ2) is 3.29. The van der Waals surface area contributed by atoms with Crippen molar-refractivity contribution in [1.29, 1.82) is 0 Å². The van der Waals surface area contributed by atoms with Gasteiger partial charge in [-0.25, -0.2) is 4.52 Å². The van der Waals surface area contributed by atoms with Crippen molar-refractivity contribution in [3.8, 4) is 0 Å². The molecule has 4 nitrogen and oxygen atoms in total. The number of aromatic amines is 1. The molecule has 0 radical (unpaired) electrons. The Morgan fingerprint density at radius 2 is 2.29 bits per heavy atom. The van der Waals surface area contributed by atoms with E-state index in [0.717, 1.165) is 29.9 Å². The van der Waals surface area contributed by atoms with Crippen molar-refractivity contribution in [3.63, 3.8) is 0 Å². The van der Waals surface area contributed by atoms with Gasteiger partial charge in [-0.2, -0.15) is 5.10 Å². The summed E-state index contributed by atoms with van der Waals surface area (Å²) in [4.78, 5) is 13.9. The summed E-state index contributed by atoms with van der Waals surface area (Å²) in [6, 6.07) is 3.48. The van der Waals surface area contributed by atoms with Gasteiger partial charge in [0.05, 0.1) is 5.69 Å². The van der Waals surface area contributed by atoms with E-state index in [0.29, 0.717) is 0 Å². The smallest absolute Gasteiger partial charge is 0.251 e. The highest BCUT2D eigenvalue weighted by atomic mass is 16.1. The Hall–Kier alpha value is -1.58. The van der Waals surface area contributed by atoms with Crippen LogP contribution in [0.25, 0.3) is 5.65 Å². The second-order valence-corrected chi connectivity index (χ2v) is 3.46. The number of hydrogen-bond donors (Lipinski definition) is 1. The van der Waals surface area contributed by atoms with E-state index in [4.69, 9.17) is 0 Å². The summed E-state index contributed by atoms with van der Waals surface area (Å²) in [5.74, 6) is 0. The minimum absolute atomic E-state index is 0.0713. The predicted octanol–water partition coefficient (Wildman–Crippen LogP) is 1.28. The van der Waals surface area contributed by atoms with Crippen LogP contribution in [0.5, 0.6) is 0 Å². The van der Waals surface area contributed by atoms with E-state index < -0.39 is 0 Å². The molecule has 0 aliphatic rings. The lowest BCUT2D eigenvalue weighted by Crippen LogP contribution is -2.09. The van der Waals surface area contributed by atoms with Crippen LogP contribution in [0.15, 0.2) is 16.9 Å². The molecule has 0 aliphatic heterocycles. The maximum atomic E-state index is 11.2. The Bertz CT molecular complexity index is 510. The topological polar surface area (TPSA) is 50.2 Å². The molecule has 0 amide bonds. The summed E-state index contributed by atoms with van der Waals surface area (Å²) in [7, 11) is 0. The number of nitrogens with zero attached hydrogens (tertiary/aromatic N) is 2. The average molecular weight is 191 g/mol. The van der Waals surface area contributed by atoms with Crippen molar-refractivity contribution >= 4 is 5.65 Å². The van der Waals surface area contributed by atoms with Crippen molar-refractivity contribution in [1.82, 2.24) is 14.6 Å². The molecule has 0 aromatic carbocycles. The predicted molar refractivity (Wildman–Crippen MR) is 54.5 cm³/mol. The molecule has 0 spiro atoms. The number of aryl methyl sites for hydroxylation is 2. The highest BCUT2D eigenvalue weighted by Gasteiger charge is 2.03. The average Bonchev–Trinajstić information content (AvgIpc) is 2.48. The molecule has 2 aromatic rings. The third-order valence-electron chi connectivity index (χ3n) is 2.19. The number of H-pyrrole nitrogens is 1. The molecule has 14 heavy (non-hydrogen) atoms. The van der Waals surface area contributed by atoms with Crippen molar-refractivity contribution in [2.75, 3.05) is 0 Å². The fraction of sp³-hybridized carbons (Fsp3) is 0.400. The zero-order chi connectivity index (χ0) is 10.1. The highest BCUT2D eigenvalue weighted by molar-refractivity contribution is 5.39. The first kappa shape index (κ1) is 8.99. The molecule has 0 fully saturated rings. The second-order valence-electron chi connectivity index (χ2n) is 3.46. The third-order valence-corrected chi connectivity index (χ3v) is 2.19. The van der Waals surface area contributed by atoms with Gasteiger partial charge < -0.3 is 4.98 Å². The van der Waals surface area contributed by atoms with Gasteiger partial charge in [0, 0.05) is 17.8 Å². The number of aromatic nitrogens is 3. The van der Waals surface area contributed by atoms with E-state index in [1.165, 1.54) is 0 Å². The Morgan fingerprint density at radius 3 is 3.00 bits per heavy atom. The van der Waals surface area contributed by atoms with E-state index in [1.54, 1.807) is 10.6 Å². The van der Waals surface area contributed by atoms with Crippen LogP contribution < -0.4 is 5.56 Å². The Morgan fingerprint density at radius 1 is 1.50 bits per heavy atom. The Kier molecular flexibility index (Phi) is 2.11. The zero-order valence-corrected chi connectivity index (χ0v) is 8.37. The van der Waals surface area contributed by atoms with Crippen molar-refractivity contribution in [2.45, 2.75) is 26.7 Å². The van der Waals surface area contributed by atoms with Gasteiger partial charge >= 0.3 is 0 Å². The van der Waals surface area contributed by atoms with E-state index in [-0.39, 0.29) is 5.56 Å². The first-order chi connectivity index (χ1) is 6.70. The van der Waals surface area contributed by atoms with Crippen LogP contribution >= 0.6 is 0 Å². The van der Waals surface area contributed by atoms with Gasteiger partial charge in [-0.05, 0) is 13.3 Å². The number of rotatable bonds is 2. The normalized spacial score (nSPS) is 11.0. The van der Waals surface area contributed by atoms with Gasteiger partial charge in [0.2, 0.25) is 0 Å². The molecule has 0 unspecified atom stereocenters. The number of fused-ring (bicyclic) bond motifs is 1. The van der Waals surface area contributed by atoms with Crippen LogP contribution in [-0.4, -0.2) is 14.6 Å². The molecule has 0 aliphatic carbocycles. The van der Waals surface area contributed by atoms with Gasteiger partial charge in [-0.15, -0.1) is 0 Å². The minimum Gasteiger partial charge on any atom is -0.307 e. The van der Waals surface area contributed by atoms with Gasteiger partial charge in [-0.3, -0.25) is 4.79 Å². The molecule has 1 N–H and O–H groups in total. The number of hydrogen-bond acceptors (Lipinski definition) is 2. The lowest BCUT2D eigenvalue weighted by molar-refractivity contribution is 0.814. The SMILES string of the molecule is CCCc1cc2[nH]c(=O)cc(C)n2n1. The van der Waals surface area contributed by atoms with E-state index >= 15 is 0 Å². The van der Waals surface area contributed by atoms with Crippen LogP contribution in [0.2, 0.25) is 0 Å². The Balaban J connectivity index is 2.64. The van der Waals surface area contributed by atoms with Crippen LogP contribution in [0.1, 0.15) is 24.7 Å². The van der Waals surface area contributed by atoms with Crippen molar-refractivity contribution in [2.24, 2.45) is 0 Å². The largest absolute Gasteiger partial charge is 0.307 e. The molecule has 4 heteroatoms. The van der Waals surface area contributed by atoms with Crippen molar-refractivity contribution in [3.05, 3.63) is 33.9 Å². The molecule has 0 saturated heterocycles. The van der Waals surface area contributed by atoms with Crippen LogP contribution in [0, 0.1) is 6.92 Å². The first-order valence-corrected chi connectivity index (χ1v) is 4.79. The summed E-state index contributed by atoms with van der Waals surface area (Å²) in [6.07, 6.45) is 2.01. The summed E-state index contributed by atoms with van der Waals surface area (Å²) in [5.41, 5.74) is 2.60. The molecular weight excluding hydrogens is 178 g/mol. The third kappa shape index (κ3) is 1.43. The molecule has 2 rings (SSSR count). The Labute approximate surface area is 81.6 Å².